The first-order valence-corrected chi connectivity index (χ1v) is 7.44. The number of hydrogen-bond donors (Lipinski definition) is 1. The Bertz CT molecular complexity index is 593. The van der Waals surface area contributed by atoms with Gasteiger partial charge in [-0.15, -0.1) is 0 Å². The molecule has 1 N–H and O–H groups in total. The summed E-state index contributed by atoms with van der Waals surface area (Å²) in [6.45, 7) is 2.02. The third-order valence-electron chi connectivity index (χ3n) is 3.12. The van der Waals surface area contributed by atoms with Gasteiger partial charge in [0.25, 0.3) is 0 Å². The minimum absolute atomic E-state index is 0.484. The lowest BCUT2D eigenvalue weighted by molar-refractivity contribution is 0.177. The maximum absolute atomic E-state index is 10.4. The minimum atomic E-state index is -0.624. The zero-order valence-corrected chi connectivity index (χ0v) is 13.7. The number of aryl methyl sites for hydroxylation is 1. The number of benzene rings is 2. The quantitative estimate of drug-likeness (QED) is 0.861. The molecule has 4 heteroatoms. The summed E-state index contributed by atoms with van der Waals surface area (Å²) >= 11 is 9.40. The van der Waals surface area contributed by atoms with Crippen molar-refractivity contribution in [2.24, 2.45) is 0 Å². The second-order valence-electron chi connectivity index (χ2n) is 4.74. The van der Waals surface area contributed by atoms with Crippen LogP contribution in [0.2, 0.25) is 5.02 Å². The second kappa shape index (κ2) is 6.61. The highest BCUT2D eigenvalue weighted by atomic mass is 79.9. The molecule has 0 aromatic heterocycles. The smallest absolute Gasteiger partial charge is 0.122 e. The zero-order valence-electron chi connectivity index (χ0n) is 11.4. The summed E-state index contributed by atoms with van der Waals surface area (Å²) in [6, 6.07) is 11.4. The Labute approximate surface area is 132 Å². The highest BCUT2D eigenvalue weighted by molar-refractivity contribution is 9.10. The maximum atomic E-state index is 10.4. The molecule has 0 aliphatic heterocycles. The molecule has 2 aromatic rings. The molecule has 0 saturated carbocycles. The Morgan fingerprint density at radius 1 is 1.25 bits per heavy atom. The summed E-state index contributed by atoms with van der Waals surface area (Å²) in [5.41, 5.74) is 2.91. The first kappa shape index (κ1) is 15.4. The van der Waals surface area contributed by atoms with Crippen molar-refractivity contribution in [3.63, 3.8) is 0 Å². The van der Waals surface area contributed by atoms with Crippen LogP contribution >= 0.6 is 27.5 Å². The van der Waals surface area contributed by atoms with Gasteiger partial charge in [-0.3, -0.25) is 0 Å². The molecule has 0 radical (unpaired) electrons. The predicted molar refractivity (Wildman–Crippen MR) is 85.5 cm³/mol. The number of ether oxygens (including phenoxy) is 1. The van der Waals surface area contributed by atoms with E-state index in [0.29, 0.717) is 11.4 Å². The van der Waals surface area contributed by atoms with Gasteiger partial charge in [-0.2, -0.15) is 0 Å². The molecule has 0 heterocycles. The van der Waals surface area contributed by atoms with Crippen LogP contribution in [0.15, 0.2) is 40.9 Å². The largest absolute Gasteiger partial charge is 0.496 e. The Morgan fingerprint density at radius 2 is 2.00 bits per heavy atom. The molecule has 2 nitrogen and oxygen atoms in total. The van der Waals surface area contributed by atoms with E-state index in [0.717, 1.165) is 26.9 Å². The average molecular weight is 356 g/mol. The molecule has 2 aromatic carbocycles. The summed E-state index contributed by atoms with van der Waals surface area (Å²) < 4.78 is 6.19. The van der Waals surface area contributed by atoms with Crippen molar-refractivity contribution in [2.75, 3.05) is 7.11 Å². The first-order valence-electron chi connectivity index (χ1n) is 6.27. The summed E-state index contributed by atoms with van der Waals surface area (Å²) in [5.74, 6) is 0.788. The van der Waals surface area contributed by atoms with Crippen molar-refractivity contribution >= 4 is 27.5 Å². The van der Waals surface area contributed by atoms with E-state index >= 15 is 0 Å². The van der Waals surface area contributed by atoms with Gasteiger partial charge in [-0.1, -0.05) is 45.2 Å². The Kier molecular flexibility index (Phi) is 5.08. The highest BCUT2D eigenvalue weighted by Crippen LogP contribution is 2.29. The van der Waals surface area contributed by atoms with Gasteiger partial charge in [0.05, 0.1) is 13.2 Å². The number of methoxy groups -OCH3 is 1. The standard InChI is InChI=1S/C16H16BrClO2/c1-10-3-4-16(20-2)12(5-10)8-15(19)11-6-13(17)9-14(18)7-11/h3-7,9,15,19H,8H2,1-2H3. The summed E-state index contributed by atoms with van der Waals surface area (Å²) in [5, 5.41) is 11.0. The van der Waals surface area contributed by atoms with E-state index in [1.165, 1.54) is 0 Å². The fourth-order valence-corrected chi connectivity index (χ4v) is 3.05. The molecule has 1 atom stereocenters. The van der Waals surface area contributed by atoms with Gasteiger partial charge < -0.3 is 9.84 Å². The van der Waals surface area contributed by atoms with Gasteiger partial charge in [0.1, 0.15) is 5.75 Å². The number of rotatable bonds is 4. The number of hydrogen-bond acceptors (Lipinski definition) is 2. The fourth-order valence-electron chi connectivity index (χ4n) is 2.16. The molecular formula is C16H16BrClO2. The van der Waals surface area contributed by atoms with Crippen molar-refractivity contribution in [1.29, 1.82) is 0 Å². The third-order valence-corrected chi connectivity index (χ3v) is 3.79. The molecule has 0 saturated heterocycles. The maximum Gasteiger partial charge on any atom is 0.122 e. The highest BCUT2D eigenvalue weighted by Gasteiger charge is 2.13. The van der Waals surface area contributed by atoms with Gasteiger partial charge in [0.15, 0.2) is 0 Å². The molecule has 106 valence electrons. The van der Waals surface area contributed by atoms with Crippen LogP contribution in [0.1, 0.15) is 22.8 Å². The molecule has 0 fully saturated rings. The molecular weight excluding hydrogens is 340 g/mol. The predicted octanol–water partition coefficient (Wildman–Crippen LogP) is 4.70. The van der Waals surface area contributed by atoms with E-state index in [1.54, 1.807) is 19.2 Å². The van der Waals surface area contributed by atoms with Crippen molar-refractivity contribution in [1.82, 2.24) is 0 Å². The Morgan fingerprint density at radius 3 is 2.65 bits per heavy atom. The van der Waals surface area contributed by atoms with E-state index in [9.17, 15) is 5.11 Å². The Hall–Kier alpha value is -1.03. The van der Waals surface area contributed by atoms with E-state index in [4.69, 9.17) is 16.3 Å². The molecule has 0 spiro atoms. The van der Waals surface area contributed by atoms with Crippen LogP contribution in [0.5, 0.6) is 5.75 Å². The fraction of sp³-hybridized carbons (Fsp3) is 0.250. The van der Waals surface area contributed by atoms with Gasteiger partial charge >= 0.3 is 0 Å². The number of aliphatic hydroxyl groups is 1. The number of halogens is 2. The zero-order chi connectivity index (χ0) is 14.7. The second-order valence-corrected chi connectivity index (χ2v) is 6.09. The summed E-state index contributed by atoms with van der Waals surface area (Å²) in [7, 11) is 1.64. The van der Waals surface area contributed by atoms with Crippen molar-refractivity contribution in [3.8, 4) is 5.75 Å². The minimum Gasteiger partial charge on any atom is -0.496 e. The molecule has 0 aliphatic rings. The van der Waals surface area contributed by atoms with Crippen LogP contribution < -0.4 is 4.74 Å². The molecule has 2 rings (SSSR count). The number of aliphatic hydroxyl groups excluding tert-OH is 1. The lowest BCUT2D eigenvalue weighted by Crippen LogP contribution is -2.04. The monoisotopic (exact) mass is 354 g/mol. The van der Waals surface area contributed by atoms with Gasteiger partial charge in [-0.05, 0) is 42.3 Å². The van der Waals surface area contributed by atoms with Crippen molar-refractivity contribution in [3.05, 3.63) is 62.6 Å². The molecule has 20 heavy (non-hydrogen) atoms. The molecule has 0 bridgehead atoms. The van der Waals surface area contributed by atoms with Crippen LogP contribution in [0.4, 0.5) is 0 Å². The van der Waals surface area contributed by atoms with E-state index < -0.39 is 6.10 Å². The van der Waals surface area contributed by atoms with Crippen LogP contribution in [0, 0.1) is 6.92 Å². The SMILES string of the molecule is COc1ccc(C)cc1CC(O)c1cc(Cl)cc(Br)c1. The molecule has 0 aliphatic carbocycles. The van der Waals surface area contributed by atoms with Gasteiger partial charge in [0, 0.05) is 15.9 Å². The van der Waals surface area contributed by atoms with E-state index in [-0.39, 0.29) is 0 Å². The lowest BCUT2D eigenvalue weighted by Gasteiger charge is -2.15. The molecule has 1 unspecified atom stereocenters. The van der Waals surface area contributed by atoms with Crippen molar-refractivity contribution in [2.45, 2.75) is 19.4 Å². The summed E-state index contributed by atoms with van der Waals surface area (Å²) in [4.78, 5) is 0. The van der Waals surface area contributed by atoms with Gasteiger partial charge in [-0.25, -0.2) is 0 Å². The lowest BCUT2D eigenvalue weighted by atomic mass is 9.99. The van der Waals surface area contributed by atoms with E-state index in [1.807, 2.05) is 31.2 Å². The Balaban J connectivity index is 2.27. The van der Waals surface area contributed by atoms with Crippen molar-refractivity contribution < 1.29 is 9.84 Å². The first-order chi connectivity index (χ1) is 9.49. The summed E-state index contributed by atoms with van der Waals surface area (Å²) in [6.07, 6.45) is -0.141. The van der Waals surface area contributed by atoms with Crippen LogP contribution in [0.3, 0.4) is 0 Å². The van der Waals surface area contributed by atoms with E-state index in [2.05, 4.69) is 15.9 Å². The average Bonchev–Trinajstić information content (AvgIpc) is 2.37. The van der Waals surface area contributed by atoms with Crippen LogP contribution in [-0.2, 0) is 6.42 Å². The van der Waals surface area contributed by atoms with Gasteiger partial charge in [0.2, 0.25) is 0 Å². The van der Waals surface area contributed by atoms with Crippen LogP contribution in [0.25, 0.3) is 0 Å². The third kappa shape index (κ3) is 3.75. The normalized spacial score (nSPS) is 12.2. The van der Waals surface area contributed by atoms with Crippen LogP contribution in [-0.4, -0.2) is 12.2 Å². The topological polar surface area (TPSA) is 29.5 Å². The molecule has 0 amide bonds.